The molecule has 2 unspecified atom stereocenters. The van der Waals surface area contributed by atoms with Gasteiger partial charge >= 0.3 is 5.97 Å². The molecule has 0 spiro atoms. The minimum atomic E-state index is -1.13. The van der Waals surface area contributed by atoms with Crippen LogP contribution < -0.4 is 5.90 Å². The maximum atomic E-state index is 11.7. The normalized spacial score (nSPS) is 14.2. The van der Waals surface area contributed by atoms with Crippen LogP contribution in [0.2, 0.25) is 0 Å². The fourth-order valence-corrected chi connectivity index (χ4v) is 3.64. The van der Waals surface area contributed by atoms with E-state index in [-0.39, 0.29) is 6.04 Å². The Hall–Kier alpha value is -3.22. The number of benzene rings is 2. The summed E-state index contributed by atoms with van der Waals surface area (Å²) in [6, 6.07) is 20.3. The number of aliphatic carboxylic acids is 1. The van der Waals surface area contributed by atoms with Gasteiger partial charge in [-0.25, -0.2) is 10.9 Å². The average Bonchev–Trinajstić information content (AvgIpc) is 3.31. The van der Waals surface area contributed by atoms with Crippen molar-refractivity contribution in [1.29, 1.82) is 0 Å². The highest BCUT2D eigenvalue weighted by atomic mass is 16.6. The van der Waals surface area contributed by atoms with Crippen LogP contribution in [0.4, 0.5) is 0 Å². The molecule has 162 valence electrons. The molecule has 0 aliphatic carbocycles. The van der Waals surface area contributed by atoms with Gasteiger partial charge in [0.2, 0.25) is 0 Å². The maximum Gasteiger partial charge on any atom is 0.311 e. The highest BCUT2D eigenvalue weighted by Gasteiger charge is 2.37. The van der Waals surface area contributed by atoms with Gasteiger partial charge < -0.3 is 9.67 Å². The number of aromatic nitrogens is 2. The summed E-state index contributed by atoms with van der Waals surface area (Å²) in [5, 5.41) is 9.61. The van der Waals surface area contributed by atoms with Gasteiger partial charge in [-0.2, -0.15) is 0 Å². The van der Waals surface area contributed by atoms with Gasteiger partial charge in [-0.1, -0.05) is 66.7 Å². The van der Waals surface area contributed by atoms with Crippen molar-refractivity contribution in [2.75, 3.05) is 0 Å². The first-order valence-corrected chi connectivity index (χ1v) is 10.3. The van der Waals surface area contributed by atoms with Gasteiger partial charge in [0.05, 0.1) is 23.9 Å². The van der Waals surface area contributed by atoms with E-state index in [1.807, 2.05) is 55.0 Å². The molecule has 2 atom stereocenters. The van der Waals surface area contributed by atoms with Crippen LogP contribution >= 0.6 is 0 Å². The fourth-order valence-electron chi connectivity index (χ4n) is 3.64. The van der Waals surface area contributed by atoms with Crippen molar-refractivity contribution >= 4 is 11.5 Å². The van der Waals surface area contributed by atoms with Gasteiger partial charge in [-0.15, -0.1) is 0 Å². The second-order valence-corrected chi connectivity index (χ2v) is 8.13. The lowest BCUT2D eigenvalue weighted by atomic mass is 9.83. The van der Waals surface area contributed by atoms with Crippen LogP contribution in [0.25, 0.3) is 5.57 Å². The topological polar surface area (TPSA) is 90.4 Å². The van der Waals surface area contributed by atoms with Gasteiger partial charge in [0.15, 0.2) is 0 Å². The summed E-state index contributed by atoms with van der Waals surface area (Å²) in [4.78, 5) is 21.1. The van der Waals surface area contributed by atoms with E-state index < -0.39 is 17.5 Å². The first-order chi connectivity index (χ1) is 14.9. The summed E-state index contributed by atoms with van der Waals surface area (Å²) in [6.07, 6.45) is 8.01. The number of carbonyl (C=O) groups is 1. The summed E-state index contributed by atoms with van der Waals surface area (Å²) in [6.45, 7) is 3.25. The molecule has 31 heavy (non-hydrogen) atoms. The number of nitrogens with zero attached hydrogens (tertiary/aromatic N) is 2. The standard InChI is InChI=1S/C25H29N3O3/c1-25(2,24(29)30)23(31-26)14-13-21(20-11-7-4-8-12-20)22(28-16-15-27-18-28)17-19-9-5-3-6-10-19/h3-13,15-16,18,22-23H,14,17,26H2,1-2H3,(H,29,30)/b21-13+. The predicted octanol–water partition coefficient (Wildman–Crippen LogP) is 4.51. The Morgan fingerprint density at radius 3 is 2.35 bits per heavy atom. The lowest BCUT2D eigenvalue weighted by Crippen LogP contribution is -2.40. The number of rotatable bonds is 10. The van der Waals surface area contributed by atoms with Crippen molar-refractivity contribution in [2.45, 2.75) is 38.8 Å². The Morgan fingerprint density at radius 1 is 1.16 bits per heavy atom. The summed E-state index contributed by atoms with van der Waals surface area (Å²) < 4.78 is 2.08. The number of carboxylic acid groups (broad SMARTS) is 1. The van der Waals surface area contributed by atoms with Crippen molar-refractivity contribution in [3.63, 3.8) is 0 Å². The zero-order valence-electron chi connectivity index (χ0n) is 17.9. The molecule has 0 amide bonds. The Labute approximate surface area is 183 Å². The number of nitrogens with two attached hydrogens (primary N) is 1. The van der Waals surface area contributed by atoms with Crippen molar-refractivity contribution in [3.05, 3.63) is 96.6 Å². The van der Waals surface area contributed by atoms with E-state index in [0.717, 1.165) is 17.6 Å². The lowest BCUT2D eigenvalue weighted by molar-refractivity contribution is -0.156. The van der Waals surface area contributed by atoms with Gasteiger partial charge in [0.25, 0.3) is 0 Å². The Balaban J connectivity index is 2.03. The molecule has 3 aromatic rings. The molecule has 1 heterocycles. The molecule has 0 fully saturated rings. The molecule has 3 rings (SSSR count). The predicted molar refractivity (Wildman–Crippen MR) is 121 cm³/mol. The van der Waals surface area contributed by atoms with Crippen LogP contribution in [0.1, 0.15) is 37.4 Å². The molecule has 0 saturated carbocycles. The Bertz CT molecular complexity index is 983. The van der Waals surface area contributed by atoms with Gasteiger partial charge in [-0.3, -0.25) is 9.63 Å². The van der Waals surface area contributed by atoms with Crippen LogP contribution in [-0.4, -0.2) is 26.7 Å². The van der Waals surface area contributed by atoms with Gasteiger partial charge in [0, 0.05) is 12.4 Å². The first-order valence-electron chi connectivity index (χ1n) is 10.3. The van der Waals surface area contributed by atoms with Crippen molar-refractivity contribution in [1.82, 2.24) is 9.55 Å². The van der Waals surface area contributed by atoms with E-state index in [4.69, 9.17) is 10.7 Å². The van der Waals surface area contributed by atoms with E-state index >= 15 is 0 Å². The molecule has 6 nitrogen and oxygen atoms in total. The number of hydrogen-bond acceptors (Lipinski definition) is 4. The summed E-state index contributed by atoms with van der Waals surface area (Å²) in [5.41, 5.74) is 2.18. The van der Waals surface area contributed by atoms with Gasteiger partial charge in [0.1, 0.15) is 0 Å². The van der Waals surface area contributed by atoms with E-state index in [0.29, 0.717) is 6.42 Å². The van der Waals surface area contributed by atoms with E-state index in [1.54, 1.807) is 20.0 Å². The molecule has 2 aromatic carbocycles. The first kappa shape index (κ1) is 22.5. The van der Waals surface area contributed by atoms with Crippen LogP contribution in [-0.2, 0) is 16.1 Å². The fraction of sp³-hybridized carbons (Fsp3) is 0.280. The summed E-state index contributed by atoms with van der Waals surface area (Å²) in [7, 11) is 0. The third-order valence-corrected chi connectivity index (χ3v) is 5.70. The minimum Gasteiger partial charge on any atom is -0.481 e. The van der Waals surface area contributed by atoms with Crippen molar-refractivity contribution in [3.8, 4) is 0 Å². The summed E-state index contributed by atoms with van der Waals surface area (Å²) in [5.74, 6) is 4.56. The molecular weight excluding hydrogens is 390 g/mol. The highest BCUT2D eigenvalue weighted by Crippen LogP contribution is 2.33. The molecule has 6 heteroatoms. The third-order valence-electron chi connectivity index (χ3n) is 5.70. The van der Waals surface area contributed by atoms with Crippen molar-refractivity contribution in [2.24, 2.45) is 11.3 Å². The van der Waals surface area contributed by atoms with Crippen LogP contribution in [0.3, 0.4) is 0 Å². The number of carboxylic acids is 1. The maximum absolute atomic E-state index is 11.7. The highest BCUT2D eigenvalue weighted by molar-refractivity contribution is 5.75. The minimum absolute atomic E-state index is 0.0290. The third kappa shape index (κ3) is 5.48. The van der Waals surface area contributed by atoms with Crippen LogP contribution in [0, 0.1) is 5.41 Å². The zero-order valence-corrected chi connectivity index (χ0v) is 17.9. The number of hydrogen-bond donors (Lipinski definition) is 2. The van der Waals surface area contributed by atoms with Crippen molar-refractivity contribution < 1.29 is 14.7 Å². The van der Waals surface area contributed by atoms with E-state index in [1.165, 1.54) is 5.56 Å². The Kier molecular flexibility index (Phi) is 7.39. The Morgan fingerprint density at radius 2 is 1.81 bits per heavy atom. The second-order valence-electron chi connectivity index (χ2n) is 8.13. The smallest absolute Gasteiger partial charge is 0.311 e. The molecule has 0 aliphatic rings. The molecule has 0 saturated heterocycles. The van der Waals surface area contributed by atoms with Crippen LogP contribution in [0.5, 0.6) is 0 Å². The largest absolute Gasteiger partial charge is 0.481 e. The quantitative estimate of drug-likeness (QED) is 0.472. The summed E-state index contributed by atoms with van der Waals surface area (Å²) >= 11 is 0. The average molecular weight is 420 g/mol. The van der Waals surface area contributed by atoms with Crippen LogP contribution in [0.15, 0.2) is 85.5 Å². The molecule has 1 aromatic heterocycles. The SMILES string of the molecule is CC(C)(C(=O)O)C(C/C=C(\c1ccccc1)C(Cc1ccccc1)n1ccnc1)ON. The molecule has 3 N–H and O–H groups in total. The molecule has 0 radical (unpaired) electrons. The zero-order chi connectivity index (χ0) is 22.3. The van der Waals surface area contributed by atoms with E-state index in [9.17, 15) is 9.90 Å². The molecule has 0 bridgehead atoms. The molecular formula is C25H29N3O3. The van der Waals surface area contributed by atoms with E-state index in [2.05, 4.69) is 33.8 Å². The van der Waals surface area contributed by atoms with Gasteiger partial charge in [-0.05, 0) is 43.4 Å². The lowest BCUT2D eigenvalue weighted by Gasteiger charge is -2.29. The monoisotopic (exact) mass is 419 g/mol. The number of allylic oxidation sites excluding steroid dienone is 1. The second kappa shape index (κ2) is 10.2. The molecule has 0 aliphatic heterocycles. The number of imidazole rings is 1.